The van der Waals surface area contributed by atoms with Crippen LogP contribution in [-0.2, 0) is 13.6 Å². The first-order valence-electron chi connectivity index (χ1n) is 5.77. The smallest absolute Gasteiger partial charge is 0.307 e. The number of aryl methyl sites for hydroxylation is 1. The molecule has 1 amide bonds. The second kappa shape index (κ2) is 5.65. The van der Waals surface area contributed by atoms with Crippen LogP contribution in [0.1, 0.15) is 15.9 Å². The van der Waals surface area contributed by atoms with E-state index in [0.717, 1.165) is 0 Å². The molecule has 0 radical (unpaired) electrons. The first-order valence-corrected chi connectivity index (χ1v) is 5.77. The van der Waals surface area contributed by atoms with Crippen LogP contribution in [0.4, 0.5) is 14.5 Å². The SMILES string of the molecule is Cn1cc(CNC(=O)c2cc(F)c([N+](=O)[O-])cc2F)cn1. The molecule has 21 heavy (non-hydrogen) atoms. The van der Waals surface area contributed by atoms with Crippen molar-refractivity contribution in [1.29, 1.82) is 0 Å². The van der Waals surface area contributed by atoms with Crippen LogP contribution in [0.15, 0.2) is 24.5 Å². The summed E-state index contributed by atoms with van der Waals surface area (Å²) < 4.78 is 28.5. The summed E-state index contributed by atoms with van der Waals surface area (Å²) in [5.74, 6) is -3.30. The fourth-order valence-corrected chi connectivity index (χ4v) is 1.69. The third-order valence-corrected chi connectivity index (χ3v) is 2.69. The van der Waals surface area contributed by atoms with E-state index in [1.165, 1.54) is 10.9 Å². The van der Waals surface area contributed by atoms with Gasteiger partial charge in [-0.2, -0.15) is 9.49 Å². The van der Waals surface area contributed by atoms with Gasteiger partial charge in [-0.1, -0.05) is 0 Å². The minimum Gasteiger partial charge on any atom is -0.348 e. The van der Waals surface area contributed by atoms with Crippen molar-refractivity contribution in [2.24, 2.45) is 7.05 Å². The molecule has 0 bridgehead atoms. The molecule has 9 heteroatoms. The van der Waals surface area contributed by atoms with Crippen LogP contribution >= 0.6 is 0 Å². The maximum absolute atomic E-state index is 13.6. The largest absolute Gasteiger partial charge is 0.348 e. The summed E-state index contributed by atoms with van der Waals surface area (Å²) in [6.07, 6.45) is 3.15. The normalized spacial score (nSPS) is 10.4. The van der Waals surface area contributed by atoms with Crippen molar-refractivity contribution in [3.05, 3.63) is 57.4 Å². The molecule has 0 atom stereocenters. The molecule has 0 aliphatic carbocycles. The highest BCUT2D eigenvalue weighted by atomic mass is 19.1. The number of nitro groups is 1. The molecule has 0 spiro atoms. The molecule has 1 N–H and O–H groups in total. The lowest BCUT2D eigenvalue weighted by molar-refractivity contribution is -0.387. The van der Waals surface area contributed by atoms with Crippen LogP contribution < -0.4 is 5.32 Å². The summed E-state index contributed by atoms with van der Waals surface area (Å²) in [5.41, 5.74) is -0.938. The van der Waals surface area contributed by atoms with Crippen LogP contribution in [0.3, 0.4) is 0 Å². The molecule has 7 nitrogen and oxygen atoms in total. The number of halogens is 2. The van der Waals surface area contributed by atoms with E-state index in [0.29, 0.717) is 17.7 Å². The summed E-state index contributed by atoms with van der Waals surface area (Å²) >= 11 is 0. The second-order valence-electron chi connectivity index (χ2n) is 4.25. The fraction of sp³-hybridized carbons (Fsp3) is 0.167. The standard InChI is InChI=1S/C12H10F2N4O3/c1-17-6-7(5-16-17)4-15-12(19)8-2-10(14)11(18(20)21)3-9(8)13/h2-3,5-6H,4H2,1H3,(H,15,19). The van der Waals surface area contributed by atoms with E-state index >= 15 is 0 Å². The molecule has 0 fully saturated rings. The Bertz CT molecular complexity index is 715. The number of rotatable bonds is 4. The number of amides is 1. The monoisotopic (exact) mass is 296 g/mol. The summed E-state index contributed by atoms with van der Waals surface area (Å²) in [4.78, 5) is 21.2. The predicted octanol–water partition coefficient (Wildman–Crippen LogP) is 1.54. The van der Waals surface area contributed by atoms with Crippen LogP contribution in [0, 0.1) is 21.7 Å². The van der Waals surface area contributed by atoms with Crippen molar-refractivity contribution in [2.75, 3.05) is 0 Å². The third kappa shape index (κ3) is 3.19. The van der Waals surface area contributed by atoms with Gasteiger partial charge < -0.3 is 5.32 Å². The molecule has 0 aliphatic rings. The van der Waals surface area contributed by atoms with E-state index in [1.54, 1.807) is 13.2 Å². The van der Waals surface area contributed by atoms with Crippen molar-refractivity contribution >= 4 is 11.6 Å². The van der Waals surface area contributed by atoms with Gasteiger partial charge in [-0.25, -0.2) is 4.39 Å². The Morgan fingerprint density at radius 3 is 2.71 bits per heavy atom. The lowest BCUT2D eigenvalue weighted by Crippen LogP contribution is -2.24. The lowest BCUT2D eigenvalue weighted by atomic mass is 10.1. The van der Waals surface area contributed by atoms with Gasteiger partial charge in [0.25, 0.3) is 5.91 Å². The zero-order valence-corrected chi connectivity index (χ0v) is 10.8. The van der Waals surface area contributed by atoms with Gasteiger partial charge in [0.15, 0.2) is 0 Å². The zero-order valence-electron chi connectivity index (χ0n) is 10.8. The minimum atomic E-state index is -1.27. The van der Waals surface area contributed by atoms with Gasteiger partial charge in [0.1, 0.15) is 5.82 Å². The number of aromatic nitrogens is 2. The molecule has 1 heterocycles. The molecule has 110 valence electrons. The van der Waals surface area contributed by atoms with E-state index in [1.807, 2.05) is 0 Å². The van der Waals surface area contributed by atoms with Gasteiger partial charge in [-0.3, -0.25) is 19.6 Å². The molecular weight excluding hydrogens is 286 g/mol. The van der Waals surface area contributed by atoms with Gasteiger partial charge in [0.2, 0.25) is 5.82 Å². The molecule has 0 saturated carbocycles. The Kier molecular flexibility index (Phi) is 3.92. The molecule has 2 rings (SSSR count). The maximum Gasteiger partial charge on any atom is 0.307 e. The molecule has 0 saturated heterocycles. The average molecular weight is 296 g/mol. The molecule has 0 aliphatic heterocycles. The Morgan fingerprint density at radius 1 is 1.43 bits per heavy atom. The molecule has 0 unspecified atom stereocenters. The van der Waals surface area contributed by atoms with Gasteiger partial charge in [0.05, 0.1) is 22.7 Å². The van der Waals surface area contributed by atoms with Crippen LogP contribution in [0.2, 0.25) is 0 Å². The van der Waals surface area contributed by atoms with Crippen LogP contribution in [0.5, 0.6) is 0 Å². The highest BCUT2D eigenvalue weighted by Gasteiger charge is 2.21. The Labute approximate surface area is 117 Å². The second-order valence-corrected chi connectivity index (χ2v) is 4.25. The van der Waals surface area contributed by atoms with Gasteiger partial charge in [-0.05, 0) is 6.07 Å². The summed E-state index contributed by atoms with van der Waals surface area (Å²) in [5, 5.41) is 16.7. The number of nitro benzene ring substituents is 1. The first kappa shape index (κ1) is 14.6. The van der Waals surface area contributed by atoms with Gasteiger partial charge in [0, 0.05) is 25.4 Å². The quantitative estimate of drug-likeness (QED) is 0.684. The summed E-state index contributed by atoms with van der Waals surface area (Å²) in [6.45, 7) is 0.0741. The van der Waals surface area contributed by atoms with Crippen molar-refractivity contribution in [2.45, 2.75) is 6.54 Å². The Hall–Kier alpha value is -2.84. The van der Waals surface area contributed by atoms with E-state index in [-0.39, 0.29) is 6.54 Å². The van der Waals surface area contributed by atoms with Gasteiger partial charge in [-0.15, -0.1) is 0 Å². The number of hydrogen-bond acceptors (Lipinski definition) is 4. The Balaban J connectivity index is 2.15. The summed E-state index contributed by atoms with van der Waals surface area (Å²) in [7, 11) is 1.69. The van der Waals surface area contributed by atoms with Gasteiger partial charge >= 0.3 is 5.69 Å². The van der Waals surface area contributed by atoms with E-state index in [4.69, 9.17) is 0 Å². The number of carbonyl (C=O) groups is 1. The highest BCUT2D eigenvalue weighted by molar-refractivity contribution is 5.94. The van der Waals surface area contributed by atoms with Crippen molar-refractivity contribution in [3.63, 3.8) is 0 Å². The lowest BCUT2D eigenvalue weighted by Gasteiger charge is -2.05. The van der Waals surface area contributed by atoms with Crippen LogP contribution in [0.25, 0.3) is 0 Å². The molecular formula is C12H10F2N4O3. The molecule has 1 aromatic heterocycles. The number of nitrogens with zero attached hydrogens (tertiary/aromatic N) is 3. The van der Waals surface area contributed by atoms with E-state index in [2.05, 4.69) is 10.4 Å². The zero-order chi connectivity index (χ0) is 15.6. The van der Waals surface area contributed by atoms with Crippen LogP contribution in [-0.4, -0.2) is 20.6 Å². The third-order valence-electron chi connectivity index (χ3n) is 2.69. The fourth-order valence-electron chi connectivity index (χ4n) is 1.69. The Morgan fingerprint density at radius 2 is 2.14 bits per heavy atom. The molecule has 1 aromatic carbocycles. The first-order chi connectivity index (χ1) is 9.88. The van der Waals surface area contributed by atoms with Crippen molar-refractivity contribution in [1.82, 2.24) is 15.1 Å². The number of nitrogens with one attached hydrogen (secondary N) is 1. The molecule has 2 aromatic rings. The number of benzene rings is 1. The minimum absolute atomic E-state index is 0.0741. The average Bonchev–Trinajstić information content (AvgIpc) is 2.83. The van der Waals surface area contributed by atoms with E-state index < -0.39 is 33.7 Å². The topological polar surface area (TPSA) is 90.1 Å². The number of carbonyl (C=O) groups excluding carboxylic acids is 1. The number of hydrogen-bond donors (Lipinski definition) is 1. The van der Waals surface area contributed by atoms with E-state index in [9.17, 15) is 23.7 Å². The van der Waals surface area contributed by atoms with Crippen molar-refractivity contribution < 1.29 is 18.5 Å². The summed E-state index contributed by atoms with van der Waals surface area (Å²) in [6, 6.07) is 0.889. The van der Waals surface area contributed by atoms with Crippen molar-refractivity contribution in [3.8, 4) is 0 Å². The maximum atomic E-state index is 13.6. The predicted molar refractivity (Wildman–Crippen MR) is 67.4 cm³/mol. The highest BCUT2D eigenvalue weighted by Crippen LogP contribution is 2.21.